The fourth-order valence-corrected chi connectivity index (χ4v) is 3.51. The Labute approximate surface area is 159 Å². The smallest absolute Gasteiger partial charge is 0.378 e. The van der Waals surface area contributed by atoms with Crippen molar-refractivity contribution >= 4 is 11.8 Å². The monoisotopic (exact) mass is 404 g/mol. The number of nitrogens with one attached hydrogen (secondary N) is 2. The Balaban J connectivity index is 1.47. The topological polar surface area (TPSA) is 103 Å². The van der Waals surface area contributed by atoms with Crippen LogP contribution in [0.25, 0.3) is 0 Å². The van der Waals surface area contributed by atoms with Gasteiger partial charge in [0.2, 0.25) is 17.6 Å². The van der Waals surface area contributed by atoms with Gasteiger partial charge in [0.05, 0.1) is 13.2 Å². The van der Waals surface area contributed by atoms with Gasteiger partial charge in [0.25, 0.3) is 5.91 Å². The average molecular weight is 404 g/mol. The molecule has 12 heteroatoms. The SMILES string of the molecule is CN1[C@@H](CC(=O)N2CCOCC2)CC[C@H]1CNC(=O)c1n[nH]c(C(F)(F)F)n1. The zero-order chi connectivity index (χ0) is 20.3. The number of hydrogen-bond donors (Lipinski definition) is 2. The van der Waals surface area contributed by atoms with Crippen molar-refractivity contribution in [3.05, 3.63) is 11.6 Å². The highest BCUT2D eigenvalue weighted by atomic mass is 19.4. The number of carbonyl (C=O) groups excluding carboxylic acids is 2. The van der Waals surface area contributed by atoms with Gasteiger partial charge in [0.15, 0.2) is 0 Å². The van der Waals surface area contributed by atoms with E-state index < -0.39 is 23.7 Å². The van der Waals surface area contributed by atoms with Crippen LogP contribution < -0.4 is 5.32 Å². The zero-order valence-corrected chi connectivity index (χ0v) is 15.5. The zero-order valence-electron chi connectivity index (χ0n) is 15.5. The van der Waals surface area contributed by atoms with Crippen LogP contribution in [0.3, 0.4) is 0 Å². The van der Waals surface area contributed by atoms with E-state index in [0.29, 0.717) is 32.7 Å². The van der Waals surface area contributed by atoms with Crippen LogP contribution in [-0.2, 0) is 15.7 Å². The lowest BCUT2D eigenvalue weighted by Crippen LogP contribution is -2.45. The molecule has 28 heavy (non-hydrogen) atoms. The molecular weight excluding hydrogens is 381 g/mol. The maximum Gasteiger partial charge on any atom is 0.451 e. The Morgan fingerprint density at radius 1 is 1.25 bits per heavy atom. The fraction of sp³-hybridized carbons (Fsp3) is 0.750. The number of likely N-dealkylation sites (N-methyl/N-ethyl adjacent to an activating group) is 1. The molecule has 2 aliphatic heterocycles. The molecular formula is C16H23F3N6O3. The highest BCUT2D eigenvalue weighted by Crippen LogP contribution is 2.26. The van der Waals surface area contributed by atoms with Crippen LogP contribution in [0.5, 0.6) is 0 Å². The highest BCUT2D eigenvalue weighted by molar-refractivity contribution is 5.90. The van der Waals surface area contributed by atoms with Gasteiger partial charge < -0.3 is 15.0 Å². The minimum absolute atomic E-state index is 0.00697. The van der Waals surface area contributed by atoms with Gasteiger partial charge in [0, 0.05) is 38.1 Å². The van der Waals surface area contributed by atoms with E-state index in [0.717, 1.165) is 12.8 Å². The number of likely N-dealkylation sites (tertiary alicyclic amines) is 1. The summed E-state index contributed by atoms with van der Waals surface area (Å²) in [5.41, 5.74) is 0. The molecule has 1 aromatic rings. The van der Waals surface area contributed by atoms with Crippen LogP contribution in [0.4, 0.5) is 13.2 Å². The number of carbonyl (C=O) groups is 2. The maximum atomic E-state index is 12.5. The second kappa shape index (κ2) is 8.43. The third kappa shape index (κ3) is 4.79. The first-order valence-electron chi connectivity index (χ1n) is 9.11. The molecule has 156 valence electrons. The van der Waals surface area contributed by atoms with Crippen molar-refractivity contribution in [3.8, 4) is 0 Å². The van der Waals surface area contributed by atoms with E-state index in [9.17, 15) is 22.8 Å². The number of rotatable bonds is 5. The molecule has 2 amide bonds. The molecule has 2 aliphatic rings. The Hall–Kier alpha value is -2.21. The van der Waals surface area contributed by atoms with E-state index in [4.69, 9.17) is 4.74 Å². The lowest BCUT2D eigenvalue weighted by Gasteiger charge is -2.30. The summed E-state index contributed by atoms with van der Waals surface area (Å²) < 4.78 is 42.8. The van der Waals surface area contributed by atoms with E-state index in [1.165, 1.54) is 0 Å². The van der Waals surface area contributed by atoms with Crippen molar-refractivity contribution < 1.29 is 27.5 Å². The molecule has 1 aromatic heterocycles. The minimum Gasteiger partial charge on any atom is -0.378 e. The molecule has 3 rings (SSSR count). The molecule has 0 spiro atoms. The molecule has 0 saturated carbocycles. The van der Waals surface area contributed by atoms with Crippen LogP contribution in [-0.4, -0.2) is 88.8 Å². The number of alkyl halides is 3. The van der Waals surface area contributed by atoms with Crippen molar-refractivity contribution in [2.24, 2.45) is 0 Å². The number of H-pyrrole nitrogens is 1. The molecule has 2 N–H and O–H groups in total. The Morgan fingerprint density at radius 3 is 2.57 bits per heavy atom. The summed E-state index contributed by atoms with van der Waals surface area (Å²) in [6.07, 6.45) is -2.69. The van der Waals surface area contributed by atoms with E-state index in [-0.39, 0.29) is 24.5 Å². The summed E-state index contributed by atoms with van der Waals surface area (Å²) in [6, 6.07) is 0.0602. The van der Waals surface area contributed by atoms with Gasteiger partial charge >= 0.3 is 6.18 Å². The van der Waals surface area contributed by atoms with E-state index in [1.54, 1.807) is 10.00 Å². The number of nitrogens with zero attached hydrogens (tertiary/aromatic N) is 4. The standard InChI is InChI=1S/C16H23F3N6O3/c1-24-10(8-12(26)25-4-6-28-7-5-25)2-3-11(24)9-20-14(27)13-21-15(23-22-13)16(17,18)19/h10-11H,2-9H2,1H3,(H,20,27)(H,21,22,23)/t10-,11+/m1/s1. The van der Waals surface area contributed by atoms with Crippen LogP contribution in [0, 0.1) is 0 Å². The molecule has 9 nitrogen and oxygen atoms in total. The Bertz CT molecular complexity index is 704. The lowest BCUT2D eigenvalue weighted by molar-refractivity contribution is -0.144. The molecule has 0 radical (unpaired) electrons. The van der Waals surface area contributed by atoms with Gasteiger partial charge in [-0.25, -0.2) is 0 Å². The van der Waals surface area contributed by atoms with E-state index in [2.05, 4.69) is 15.4 Å². The third-order valence-electron chi connectivity index (χ3n) is 5.21. The minimum atomic E-state index is -4.68. The molecule has 3 heterocycles. The van der Waals surface area contributed by atoms with Crippen molar-refractivity contribution in [2.75, 3.05) is 39.9 Å². The molecule has 0 aromatic carbocycles. The Kier molecular flexibility index (Phi) is 6.18. The Morgan fingerprint density at radius 2 is 1.93 bits per heavy atom. The van der Waals surface area contributed by atoms with Crippen LogP contribution in [0.1, 0.15) is 35.7 Å². The highest BCUT2D eigenvalue weighted by Gasteiger charge is 2.36. The van der Waals surface area contributed by atoms with Gasteiger partial charge in [-0.05, 0) is 19.9 Å². The third-order valence-corrected chi connectivity index (χ3v) is 5.21. The van der Waals surface area contributed by atoms with Gasteiger partial charge in [-0.1, -0.05) is 0 Å². The van der Waals surface area contributed by atoms with Gasteiger partial charge in [-0.15, -0.1) is 5.10 Å². The number of morpholine rings is 1. The predicted molar refractivity (Wildman–Crippen MR) is 90.3 cm³/mol. The predicted octanol–water partition coefficient (Wildman–Crippen LogP) is 0.265. The van der Waals surface area contributed by atoms with Gasteiger partial charge in [0.1, 0.15) is 0 Å². The molecule has 2 fully saturated rings. The summed E-state index contributed by atoms with van der Waals surface area (Å²) >= 11 is 0. The number of halogens is 3. The van der Waals surface area contributed by atoms with Gasteiger partial charge in [-0.2, -0.15) is 18.2 Å². The second-order valence-electron chi connectivity index (χ2n) is 6.96. The summed E-state index contributed by atoms with van der Waals surface area (Å²) in [6.45, 7) is 2.56. The summed E-state index contributed by atoms with van der Waals surface area (Å²) in [5, 5.41) is 7.59. The first-order valence-corrected chi connectivity index (χ1v) is 9.11. The summed E-state index contributed by atoms with van der Waals surface area (Å²) in [7, 11) is 1.88. The van der Waals surface area contributed by atoms with Crippen LogP contribution in [0.15, 0.2) is 0 Å². The molecule has 0 bridgehead atoms. The number of hydrogen-bond acceptors (Lipinski definition) is 6. The summed E-state index contributed by atoms with van der Waals surface area (Å²) in [4.78, 5) is 31.4. The quantitative estimate of drug-likeness (QED) is 0.730. The molecule has 2 atom stereocenters. The van der Waals surface area contributed by atoms with Crippen molar-refractivity contribution in [1.29, 1.82) is 0 Å². The second-order valence-corrected chi connectivity index (χ2v) is 6.96. The van der Waals surface area contributed by atoms with E-state index in [1.807, 2.05) is 11.9 Å². The fourth-order valence-electron chi connectivity index (χ4n) is 3.51. The van der Waals surface area contributed by atoms with Crippen LogP contribution in [0.2, 0.25) is 0 Å². The number of aromatic amines is 1. The van der Waals surface area contributed by atoms with E-state index >= 15 is 0 Å². The number of aromatic nitrogens is 3. The molecule has 0 aliphatic carbocycles. The number of amides is 2. The average Bonchev–Trinajstić information content (AvgIpc) is 3.29. The molecule has 2 saturated heterocycles. The largest absolute Gasteiger partial charge is 0.451 e. The lowest BCUT2D eigenvalue weighted by atomic mass is 10.1. The number of ether oxygens (including phenoxy) is 1. The first-order chi connectivity index (χ1) is 13.3. The van der Waals surface area contributed by atoms with Gasteiger partial charge in [-0.3, -0.25) is 19.6 Å². The maximum absolute atomic E-state index is 12.5. The van der Waals surface area contributed by atoms with Crippen molar-refractivity contribution in [3.63, 3.8) is 0 Å². The van der Waals surface area contributed by atoms with Crippen molar-refractivity contribution in [1.82, 2.24) is 30.3 Å². The first kappa shape index (κ1) is 20.5. The summed E-state index contributed by atoms with van der Waals surface area (Å²) in [5.74, 6) is -2.54. The normalized spacial score (nSPS) is 23.8. The molecule has 0 unspecified atom stereocenters. The van der Waals surface area contributed by atoms with Crippen molar-refractivity contribution in [2.45, 2.75) is 37.5 Å². The van der Waals surface area contributed by atoms with Crippen LogP contribution >= 0.6 is 0 Å².